The average Bonchev–Trinajstić information content (AvgIpc) is 2.85. The van der Waals surface area contributed by atoms with E-state index in [4.69, 9.17) is 5.11 Å². The molecule has 19 heavy (non-hydrogen) atoms. The topological polar surface area (TPSA) is 37.2 Å². The van der Waals surface area contributed by atoms with E-state index in [9.17, 15) is 0 Å². The molecule has 0 radical (unpaired) electrons. The Labute approximate surface area is 114 Å². The van der Waals surface area contributed by atoms with Crippen molar-refractivity contribution in [2.24, 2.45) is 0 Å². The van der Waals surface area contributed by atoms with E-state index in [0.29, 0.717) is 6.04 Å². The third kappa shape index (κ3) is 4.23. The van der Waals surface area contributed by atoms with Crippen LogP contribution in [0.15, 0.2) is 42.7 Å². The van der Waals surface area contributed by atoms with Gasteiger partial charge in [-0.15, -0.1) is 0 Å². The lowest BCUT2D eigenvalue weighted by Gasteiger charge is -2.06. The Kier molecular flexibility index (Phi) is 4.77. The predicted molar refractivity (Wildman–Crippen MR) is 77.9 cm³/mol. The van der Waals surface area contributed by atoms with Crippen molar-refractivity contribution in [2.45, 2.75) is 39.6 Å². The number of nitrogens with zero attached hydrogens (tertiary/aromatic N) is 1. The van der Waals surface area contributed by atoms with Crippen molar-refractivity contribution < 1.29 is 5.11 Å². The Hall–Kier alpha value is -1.58. The zero-order valence-corrected chi connectivity index (χ0v) is 11.6. The Morgan fingerprint density at radius 2 is 1.74 bits per heavy atom. The minimum atomic E-state index is 0.106. The number of rotatable bonds is 6. The molecule has 0 fully saturated rings. The van der Waals surface area contributed by atoms with Gasteiger partial charge in [0, 0.05) is 31.5 Å². The molecule has 1 aromatic carbocycles. The maximum absolute atomic E-state index is 9.01. The van der Waals surface area contributed by atoms with Gasteiger partial charge in [0.25, 0.3) is 0 Å². The van der Waals surface area contributed by atoms with Gasteiger partial charge in [-0.25, -0.2) is 0 Å². The van der Waals surface area contributed by atoms with Crippen molar-refractivity contribution in [1.29, 1.82) is 0 Å². The Morgan fingerprint density at radius 1 is 1.05 bits per heavy atom. The van der Waals surface area contributed by atoms with Gasteiger partial charge in [0.2, 0.25) is 0 Å². The molecule has 0 bridgehead atoms. The Bertz CT molecular complexity index is 500. The van der Waals surface area contributed by atoms with Crippen LogP contribution in [0.25, 0.3) is 0 Å². The van der Waals surface area contributed by atoms with E-state index in [2.05, 4.69) is 54.3 Å². The molecule has 1 heterocycles. The van der Waals surface area contributed by atoms with Crippen LogP contribution < -0.4 is 5.32 Å². The SMILES string of the molecule is CC(C)NCc1ccn(Cc2ccc(CO)cc2)c1. The monoisotopic (exact) mass is 258 g/mol. The first kappa shape index (κ1) is 13.8. The number of hydrogen-bond donors (Lipinski definition) is 2. The highest BCUT2D eigenvalue weighted by molar-refractivity contribution is 5.23. The Balaban J connectivity index is 1.95. The van der Waals surface area contributed by atoms with Gasteiger partial charge in [0.1, 0.15) is 0 Å². The molecule has 102 valence electrons. The van der Waals surface area contributed by atoms with Crippen LogP contribution >= 0.6 is 0 Å². The standard InChI is InChI=1S/C16H22N2O/c1-13(2)17-9-16-7-8-18(11-16)10-14-3-5-15(12-19)6-4-14/h3-8,11,13,17,19H,9-10,12H2,1-2H3. The highest BCUT2D eigenvalue weighted by Crippen LogP contribution is 2.08. The molecule has 0 atom stereocenters. The maximum atomic E-state index is 9.01. The second-order valence-electron chi connectivity index (χ2n) is 5.20. The van der Waals surface area contributed by atoms with Gasteiger partial charge in [-0.2, -0.15) is 0 Å². The van der Waals surface area contributed by atoms with E-state index in [0.717, 1.165) is 18.7 Å². The zero-order chi connectivity index (χ0) is 13.7. The van der Waals surface area contributed by atoms with Gasteiger partial charge >= 0.3 is 0 Å². The molecule has 0 amide bonds. The van der Waals surface area contributed by atoms with E-state index in [1.54, 1.807) is 0 Å². The van der Waals surface area contributed by atoms with Gasteiger partial charge in [-0.3, -0.25) is 0 Å². The summed E-state index contributed by atoms with van der Waals surface area (Å²) < 4.78 is 2.19. The van der Waals surface area contributed by atoms with Crippen LogP contribution in [0.4, 0.5) is 0 Å². The van der Waals surface area contributed by atoms with Gasteiger partial charge in [0.15, 0.2) is 0 Å². The Morgan fingerprint density at radius 3 is 2.37 bits per heavy atom. The van der Waals surface area contributed by atoms with E-state index in [1.807, 2.05) is 12.1 Å². The lowest BCUT2D eigenvalue weighted by Crippen LogP contribution is -2.21. The zero-order valence-electron chi connectivity index (χ0n) is 11.6. The summed E-state index contributed by atoms with van der Waals surface area (Å²) in [7, 11) is 0. The normalized spacial score (nSPS) is 11.2. The summed E-state index contributed by atoms with van der Waals surface area (Å²) in [4.78, 5) is 0. The second kappa shape index (κ2) is 6.55. The summed E-state index contributed by atoms with van der Waals surface area (Å²) in [5.41, 5.74) is 3.51. The number of aliphatic hydroxyl groups is 1. The van der Waals surface area contributed by atoms with Crippen LogP contribution in [0.1, 0.15) is 30.5 Å². The first-order chi connectivity index (χ1) is 9.17. The number of aliphatic hydroxyl groups excluding tert-OH is 1. The maximum Gasteiger partial charge on any atom is 0.0681 e. The molecule has 0 aliphatic carbocycles. The van der Waals surface area contributed by atoms with Crippen LogP contribution in [-0.4, -0.2) is 15.7 Å². The largest absolute Gasteiger partial charge is 0.392 e. The summed E-state index contributed by atoms with van der Waals surface area (Å²) >= 11 is 0. The molecule has 2 N–H and O–H groups in total. The molecule has 0 saturated carbocycles. The third-order valence-electron chi connectivity index (χ3n) is 3.10. The molecule has 0 aliphatic rings. The van der Waals surface area contributed by atoms with Crippen LogP contribution in [0, 0.1) is 0 Å². The number of benzene rings is 1. The fourth-order valence-electron chi connectivity index (χ4n) is 1.98. The highest BCUT2D eigenvalue weighted by atomic mass is 16.3. The summed E-state index contributed by atoms with van der Waals surface area (Å²) in [5, 5.41) is 12.4. The number of aromatic nitrogens is 1. The summed E-state index contributed by atoms with van der Waals surface area (Å²) in [6.45, 7) is 6.19. The lowest BCUT2D eigenvalue weighted by molar-refractivity contribution is 0.282. The van der Waals surface area contributed by atoms with Crippen LogP contribution in [0.3, 0.4) is 0 Å². The molecular weight excluding hydrogens is 236 g/mol. The molecule has 1 aromatic heterocycles. The van der Waals surface area contributed by atoms with Gasteiger partial charge in [-0.1, -0.05) is 38.1 Å². The van der Waals surface area contributed by atoms with Crippen molar-refractivity contribution in [3.63, 3.8) is 0 Å². The number of nitrogens with one attached hydrogen (secondary N) is 1. The second-order valence-corrected chi connectivity index (χ2v) is 5.20. The average molecular weight is 258 g/mol. The molecule has 2 aromatic rings. The van der Waals surface area contributed by atoms with E-state index in [-0.39, 0.29) is 6.61 Å². The number of hydrogen-bond acceptors (Lipinski definition) is 2. The van der Waals surface area contributed by atoms with Crippen molar-refractivity contribution in [1.82, 2.24) is 9.88 Å². The van der Waals surface area contributed by atoms with Crippen molar-refractivity contribution >= 4 is 0 Å². The molecule has 3 heteroatoms. The van der Waals surface area contributed by atoms with E-state index >= 15 is 0 Å². The molecule has 0 aliphatic heterocycles. The van der Waals surface area contributed by atoms with Gasteiger partial charge in [0.05, 0.1) is 6.61 Å². The van der Waals surface area contributed by atoms with Crippen LogP contribution in [0.5, 0.6) is 0 Å². The van der Waals surface area contributed by atoms with Crippen LogP contribution in [0.2, 0.25) is 0 Å². The fraction of sp³-hybridized carbons (Fsp3) is 0.375. The highest BCUT2D eigenvalue weighted by Gasteiger charge is 2.00. The molecule has 0 spiro atoms. The van der Waals surface area contributed by atoms with Crippen molar-refractivity contribution in [3.05, 3.63) is 59.4 Å². The van der Waals surface area contributed by atoms with Crippen LogP contribution in [-0.2, 0) is 19.7 Å². The van der Waals surface area contributed by atoms with Gasteiger partial charge < -0.3 is 15.0 Å². The molecule has 0 saturated heterocycles. The van der Waals surface area contributed by atoms with Gasteiger partial charge in [-0.05, 0) is 22.8 Å². The summed E-state index contributed by atoms with van der Waals surface area (Å²) in [6.07, 6.45) is 4.28. The predicted octanol–water partition coefficient (Wildman–Crippen LogP) is 2.53. The minimum absolute atomic E-state index is 0.106. The van der Waals surface area contributed by atoms with Crippen molar-refractivity contribution in [3.8, 4) is 0 Å². The first-order valence-electron chi connectivity index (χ1n) is 6.74. The first-order valence-corrected chi connectivity index (χ1v) is 6.74. The summed E-state index contributed by atoms with van der Waals surface area (Å²) in [5.74, 6) is 0. The minimum Gasteiger partial charge on any atom is -0.392 e. The molecule has 0 unspecified atom stereocenters. The van der Waals surface area contributed by atoms with E-state index < -0.39 is 0 Å². The lowest BCUT2D eigenvalue weighted by atomic mass is 10.1. The molecule has 2 rings (SSSR count). The van der Waals surface area contributed by atoms with Crippen molar-refractivity contribution in [2.75, 3.05) is 0 Å². The smallest absolute Gasteiger partial charge is 0.0681 e. The van der Waals surface area contributed by atoms with E-state index in [1.165, 1.54) is 11.1 Å². The third-order valence-corrected chi connectivity index (χ3v) is 3.10. The summed E-state index contributed by atoms with van der Waals surface area (Å²) in [6, 6.07) is 10.7. The molecular formula is C16H22N2O. The fourth-order valence-corrected chi connectivity index (χ4v) is 1.98. The quantitative estimate of drug-likeness (QED) is 0.835. The molecule has 3 nitrogen and oxygen atoms in total.